The number of carbonyl (C=O) groups is 1. The van der Waals surface area contributed by atoms with Crippen molar-refractivity contribution in [3.63, 3.8) is 0 Å². The topological polar surface area (TPSA) is 71.8 Å². The number of H-pyrrole nitrogens is 1. The minimum Gasteiger partial charge on any atom is -0.390 e. The Labute approximate surface area is 156 Å². The fraction of sp³-hybridized carbons (Fsp3) is 0.263. The van der Waals surface area contributed by atoms with Gasteiger partial charge in [-0.25, -0.2) is 0 Å². The summed E-state index contributed by atoms with van der Waals surface area (Å²) in [6, 6.07) is 6.91. The van der Waals surface area contributed by atoms with Crippen LogP contribution in [0, 0.1) is 5.41 Å². The van der Waals surface area contributed by atoms with Gasteiger partial charge in [0.05, 0.1) is 16.8 Å². The van der Waals surface area contributed by atoms with Crippen molar-refractivity contribution in [3.05, 3.63) is 58.4 Å². The van der Waals surface area contributed by atoms with Gasteiger partial charge in [0.2, 0.25) is 0 Å². The number of aromatic amines is 1. The third-order valence-corrected chi connectivity index (χ3v) is 5.20. The lowest BCUT2D eigenvalue weighted by Crippen LogP contribution is -2.14. The minimum atomic E-state index is -0.0700. The molecule has 0 saturated carbocycles. The van der Waals surface area contributed by atoms with E-state index in [1.54, 1.807) is 30.5 Å². The smallest absolute Gasteiger partial charge is 0.196 e. The first-order valence-corrected chi connectivity index (χ1v) is 9.16. The van der Waals surface area contributed by atoms with Gasteiger partial charge in [-0.3, -0.25) is 9.89 Å². The van der Waals surface area contributed by atoms with Crippen LogP contribution >= 0.6 is 22.9 Å². The molecule has 2 aromatic heterocycles. The Hall–Kier alpha value is -2.11. The van der Waals surface area contributed by atoms with Crippen LogP contribution in [0.25, 0.3) is 10.4 Å². The van der Waals surface area contributed by atoms with Crippen LogP contribution in [0.4, 0.5) is 5.00 Å². The third kappa shape index (κ3) is 3.78. The summed E-state index contributed by atoms with van der Waals surface area (Å²) in [5.74, 6) is -0.0700. The summed E-state index contributed by atoms with van der Waals surface area (Å²) >= 11 is 7.38. The van der Waals surface area contributed by atoms with Gasteiger partial charge < -0.3 is 5.73 Å². The quantitative estimate of drug-likeness (QED) is 0.618. The number of hydrogen-bond acceptors (Lipinski definition) is 4. The molecule has 0 aliphatic heterocycles. The molecule has 3 rings (SSSR count). The fourth-order valence-corrected chi connectivity index (χ4v) is 3.98. The molecule has 0 radical (unpaired) electrons. The molecule has 25 heavy (non-hydrogen) atoms. The van der Waals surface area contributed by atoms with Gasteiger partial charge in [-0.15, -0.1) is 11.3 Å². The standard InChI is InChI=1S/C19H20ClN3OS/c1-19(2,3)8-14-15(16(24)11-4-6-13(20)7-5-11)18(21)25-17(14)12-9-22-23-10-12/h4-7,9-10H,8,21H2,1-3H3,(H,22,23). The van der Waals surface area contributed by atoms with Crippen molar-refractivity contribution in [1.82, 2.24) is 10.2 Å². The largest absolute Gasteiger partial charge is 0.390 e. The molecule has 0 fully saturated rings. The zero-order chi connectivity index (χ0) is 18.2. The van der Waals surface area contributed by atoms with E-state index >= 15 is 0 Å². The molecule has 0 unspecified atom stereocenters. The van der Waals surface area contributed by atoms with Crippen LogP contribution in [0.1, 0.15) is 42.3 Å². The summed E-state index contributed by atoms with van der Waals surface area (Å²) in [6.07, 6.45) is 4.33. The number of thiophene rings is 1. The van der Waals surface area contributed by atoms with E-state index < -0.39 is 0 Å². The van der Waals surface area contributed by atoms with Gasteiger partial charge >= 0.3 is 0 Å². The molecule has 2 heterocycles. The third-order valence-electron chi connectivity index (χ3n) is 3.84. The zero-order valence-electron chi connectivity index (χ0n) is 14.4. The van der Waals surface area contributed by atoms with E-state index in [-0.39, 0.29) is 11.2 Å². The van der Waals surface area contributed by atoms with Gasteiger partial charge in [0.1, 0.15) is 0 Å². The highest BCUT2D eigenvalue weighted by molar-refractivity contribution is 7.20. The average Bonchev–Trinajstić information content (AvgIpc) is 3.14. The van der Waals surface area contributed by atoms with Gasteiger partial charge in [-0.05, 0) is 41.7 Å². The number of halogens is 1. The molecule has 3 aromatic rings. The number of nitrogens with two attached hydrogens (primary N) is 1. The number of hydrogen-bond donors (Lipinski definition) is 2. The molecule has 0 spiro atoms. The van der Waals surface area contributed by atoms with Crippen molar-refractivity contribution in [2.75, 3.05) is 5.73 Å². The Morgan fingerprint density at radius 1 is 1.28 bits per heavy atom. The van der Waals surface area contributed by atoms with Crippen molar-refractivity contribution < 1.29 is 4.79 Å². The van der Waals surface area contributed by atoms with Crippen molar-refractivity contribution in [3.8, 4) is 10.4 Å². The number of carbonyl (C=O) groups excluding carboxylic acids is 1. The predicted molar refractivity (Wildman–Crippen MR) is 104 cm³/mol. The Morgan fingerprint density at radius 2 is 1.96 bits per heavy atom. The number of anilines is 1. The van der Waals surface area contributed by atoms with Gasteiger partial charge in [0, 0.05) is 27.2 Å². The molecule has 0 amide bonds. The maximum Gasteiger partial charge on any atom is 0.196 e. The summed E-state index contributed by atoms with van der Waals surface area (Å²) < 4.78 is 0. The number of benzene rings is 1. The molecule has 130 valence electrons. The molecule has 0 aliphatic rings. The first kappa shape index (κ1) is 17.7. The molecule has 3 N–H and O–H groups in total. The summed E-state index contributed by atoms with van der Waals surface area (Å²) in [5, 5.41) is 8.00. The molecule has 0 atom stereocenters. The highest BCUT2D eigenvalue weighted by atomic mass is 35.5. The normalized spacial score (nSPS) is 11.7. The number of ketones is 1. The van der Waals surface area contributed by atoms with E-state index in [0.29, 0.717) is 21.2 Å². The van der Waals surface area contributed by atoms with Crippen LogP contribution in [-0.4, -0.2) is 16.0 Å². The molecule has 0 saturated heterocycles. The number of rotatable bonds is 4. The highest BCUT2D eigenvalue weighted by Crippen LogP contribution is 2.42. The zero-order valence-corrected chi connectivity index (χ0v) is 16.0. The van der Waals surface area contributed by atoms with E-state index in [4.69, 9.17) is 17.3 Å². The Morgan fingerprint density at radius 3 is 2.52 bits per heavy atom. The molecule has 6 heteroatoms. The molecule has 1 aromatic carbocycles. The molecular weight excluding hydrogens is 354 g/mol. The number of nitrogens with zero attached hydrogens (tertiary/aromatic N) is 1. The van der Waals surface area contributed by atoms with Crippen molar-refractivity contribution >= 4 is 33.7 Å². The Bertz CT molecular complexity index is 890. The second kappa shape index (κ2) is 6.65. The average molecular weight is 374 g/mol. The van der Waals surface area contributed by atoms with Crippen LogP contribution in [0.15, 0.2) is 36.7 Å². The monoisotopic (exact) mass is 373 g/mol. The van der Waals surface area contributed by atoms with Gasteiger partial charge in [0.15, 0.2) is 5.78 Å². The van der Waals surface area contributed by atoms with E-state index in [1.165, 1.54) is 11.3 Å². The van der Waals surface area contributed by atoms with Crippen molar-refractivity contribution in [2.24, 2.45) is 5.41 Å². The molecule has 0 bridgehead atoms. The molecule has 4 nitrogen and oxygen atoms in total. The number of nitrogens with one attached hydrogen (secondary N) is 1. The lowest BCUT2D eigenvalue weighted by atomic mass is 9.84. The van der Waals surface area contributed by atoms with Gasteiger partial charge in [0.25, 0.3) is 0 Å². The van der Waals surface area contributed by atoms with Crippen LogP contribution in [0.2, 0.25) is 5.02 Å². The van der Waals surface area contributed by atoms with Crippen LogP contribution in [0.5, 0.6) is 0 Å². The first-order valence-electron chi connectivity index (χ1n) is 7.97. The predicted octanol–water partition coefficient (Wildman–Crippen LogP) is 5.19. The second-order valence-electron chi connectivity index (χ2n) is 7.21. The van der Waals surface area contributed by atoms with E-state index in [0.717, 1.165) is 22.4 Å². The molecular formula is C19H20ClN3OS. The van der Waals surface area contributed by atoms with Crippen LogP contribution in [-0.2, 0) is 6.42 Å². The summed E-state index contributed by atoms with van der Waals surface area (Å²) in [4.78, 5) is 14.1. The summed E-state index contributed by atoms with van der Waals surface area (Å²) in [5.41, 5.74) is 9.41. The summed E-state index contributed by atoms with van der Waals surface area (Å²) in [6.45, 7) is 6.45. The van der Waals surface area contributed by atoms with Crippen LogP contribution < -0.4 is 5.73 Å². The highest BCUT2D eigenvalue weighted by Gasteiger charge is 2.27. The van der Waals surface area contributed by atoms with E-state index in [1.807, 2.05) is 6.20 Å². The van der Waals surface area contributed by atoms with Crippen molar-refractivity contribution in [2.45, 2.75) is 27.2 Å². The minimum absolute atomic E-state index is 0.0149. The van der Waals surface area contributed by atoms with Gasteiger partial charge in [-0.1, -0.05) is 32.4 Å². The van der Waals surface area contributed by atoms with Crippen molar-refractivity contribution in [1.29, 1.82) is 0 Å². The maximum atomic E-state index is 13.1. The first-order chi connectivity index (χ1) is 11.8. The van der Waals surface area contributed by atoms with E-state index in [2.05, 4.69) is 31.0 Å². The fourth-order valence-electron chi connectivity index (χ4n) is 2.79. The van der Waals surface area contributed by atoms with Gasteiger partial charge in [-0.2, -0.15) is 5.10 Å². The number of aromatic nitrogens is 2. The van der Waals surface area contributed by atoms with E-state index in [9.17, 15) is 4.79 Å². The lowest BCUT2D eigenvalue weighted by molar-refractivity contribution is 0.103. The summed E-state index contributed by atoms with van der Waals surface area (Å²) in [7, 11) is 0. The Balaban J connectivity index is 2.15. The number of nitrogen functional groups attached to an aromatic ring is 1. The maximum absolute atomic E-state index is 13.1. The van der Waals surface area contributed by atoms with Crippen LogP contribution in [0.3, 0.4) is 0 Å². The Kier molecular flexibility index (Phi) is 4.71. The SMILES string of the molecule is CC(C)(C)Cc1c(-c2cn[nH]c2)sc(N)c1C(=O)c1ccc(Cl)cc1. The lowest BCUT2D eigenvalue weighted by Gasteiger charge is -2.19. The second-order valence-corrected chi connectivity index (χ2v) is 8.70. The molecule has 0 aliphatic carbocycles.